The Balaban J connectivity index is 1.44. The van der Waals surface area contributed by atoms with Crippen LogP contribution >= 0.6 is 22.7 Å². The Hall–Kier alpha value is -2.16. The molecule has 2 N–H and O–H groups in total. The van der Waals surface area contributed by atoms with Crippen LogP contribution in [0.4, 0.5) is 10.8 Å². The fourth-order valence-electron chi connectivity index (χ4n) is 3.14. The standard InChI is InChI=1S/C19H21N3O3S2/c1-25-14-4-2-13(3-5-14)20-17(24)15-10-16-18(26-15)21-19(27-16)22-8-6-12(11-23)7-9-22/h2-5,10,12,23H,6-9,11H2,1H3,(H,20,24). The van der Waals surface area contributed by atoms with Crippen molar-refractivity contribution in [3.05, 3.63) is 35.2 Å². The molecule has 0 saturated carbocycles. The van der Waals surface area contributed by atoms with E-state index in [9.17, 15) is 9.90 Å². The molecule has 3 heterocycles. The fraction of sp³-hybridized carbons (Fsp3) is 0.368. The van der Waals surface area contributed by atoms with E-state index >= 15 is 0 Å². The quantitative estimate of drug-likeness (QED) is 0.677. The van der Waals surface area contributed by atoms with Gasteiger partial charge in [0.15, 0.2) is 5.13 Å². The molecule has 0 aliphatic carbocycles. The number of nitrogens with one attached hydrogen (secondary N) is 1. The van der Waals surface area contributed by atoms with Crippen LogP contribution in [0.3, 0.4) is 0 Å². The molecule has 27 heavy (non-hydrogen) atoms. The highest BCUT2D eigenvalue weighted by atomic mass is 32.1. The molecule has 6 nitrogen and oxygen atoms in total. The summed E-state index contributed by atoms with van der Waals surface area (Å²) in [5.74, 6) is 1.04. The van der Waals surface area contributed by atoms with Gasteiger partial charge in [-0.1, -0.05) is 11.3 Å². The molecule has 4 rings (SSSR count). The zero-order valence-electron chi connectivity index (χ0n) is 15.0. The van der Waals surface area contributed by atoms with Crippen molar-refractivity contribution in [2.45, 2.75) is 12.8 Å². The summed E-state index contributed by atoms with van der Waals surface area (Å²) in [5.41, 5.74) is 0.734. The second kappa shape index (κ2) is 7.84. The van der Waals surface area contributed by atoms with Gasteiger partial charge in [0, 0.05) is 25.4 Å². The smallest absolute Gasteiger partial charge is 0.265 e. The number of piperidine rings is 1. The van der Waals surface area contributed by atoms with Gasteiger partial charge >= 0.3 is 0 Å². The number of aliphatic hydroxyl groups is 1. The molecule has 1 aromatic carbocycles. The van der Waals surface area contributed by atoms with E-state index < -0.39 is 0 Å². The second-order valence-electron chi connectivity index (χ2n) is 6.57. The average molecular weight is 404 g/mol. The molecule has 1 aliphatic rings. The van der Waals surface area contributed by atoms with Crippen molar-refractivity contribution < 1.29 is 14.6 Å². The van der Waals surface area contributed by atoms with E-state index in [4.69, 9.17) is 9.72 Å². The number of thiophene rings is 1. The van der Waals surface area contributed by atoms with Crippen molar-refractivity contribution in [3.8, 4) is 5.75 Å². The average Bonchev–Trinajstić information content (AvgIpc) is 3.28. The highest BCUT2D eigenvalue weighted by Gasteiger charge is 2.22. The predicted octanol–water partition coefficient (Wildman–Crippen LogP) is 3.83. The first-order chi connectivity index (χ1) is 13.2. The van der Waals surface area contributed by atoms with Crippen LogP contribution in [0.1, 0.15) is 22.5 Å². The van der Waals surface area contributed by atoms with E-state index in [0.717, 1.165) is 52.0 Å². The summed E-state index contributed by atoms with van der Waals surface area (Å²) in [5, 5.41) is 13.2. The van der Waals surface area contributed by atoms with Crippen LogP contribution in [0.5, 0.6) is 5.75 Å². The number of ether oxygens (including phenoxy) is 1. The Bertz CT molecular complexity index is 896. The van der Waals surface area contributed by atoms with Crippen molar-refractivity contribution >= 4 is 48.9 Å². The number of nitrogens with zero attached hydrogens (tertiary/aromatic N) is 2. The minimum Gasteiger partial charge on any atom is -0.497 e. The number of hydrogen-bond acceptors (Lipinski definition) is 7. The summed E-state index contributed by atoms with van der Waals surface area (Å²) >= 11 is 3.05. The fourth-order valence-corrected chi connectivity index (χ4v) is 5.30. The monoisotopic (exact) mass is 403 g/mol. The summed E-state index contributed by atoms with van der Waals surface area (Å²) in [7, 11) is 1.61. The van der Waals surface area contributed by atoms with Gasteiger partial charge in [0.05, 0.1) is 16.7 Å². The highest BCUT2D eigenvalue weighted by Crippen LogP contribution is 2.36. The molecular weight excluding hydrogens is 382 g/mol. The maximum absolute atomic E-state index is 12.5. The van der Waals surface area contributed by atoms with E-state index in [1.165, 1.54) is 11.3 Å². The normalized spacial score (nSPS) is 15.3. The lowest BCUT2D eigenvalue weighted by molar-refractivity contribution is 0.103. The van der Waals surface area contributed by atoms with Crippen molar-refractivity contribution in [3.63, 3.8) is 0 Å². The number of carbonyl (C=O) groups is 1. The molecule has 1 amide bonds. The number of carbonyl (C=O) groups excluding carboxylic acids is 1. The van der Waals surface area contributed by atoms with E-state index in [0.29, 0.717) is 10.8 Å². The van der Waals surface area contributed by atoms with Crippen LogP contribution in [0.25, 0.3) is 9.53 Å². The molecule has 0 radical (unpaired) electrons. The second-order valence-corrected chi connectivity index (χ2v) is 8.61. The Morgan fingerprint density at radius 3 is 2.67 bits per heavy atom. The Morgan fingerprint density at radius 1 is 1.30 bits per heavy atom. The molecule has 0 atom stereocenters. The minimum atomic E-state index is -0.124. The number of aromatic nitrogens is 1. The molecule has 0 spiro atoms. The van der Waals surface area contributed by atoms with Gasteiger partial charge in [-0.25, -0.2) is 4.98 Å². The van der Waals surface area contributed by atoms with Crippen LogP contribution in [0.2, 0.25) is 0 Å². The Kier molecular flexibility index (Phi) is 5.29. The number of thiazole rings is 1. The first kappa shape index (κ1) is 18.2. The van der Waals surface area contributed by atoms with Crippen LogP contribution < -0.4 is 15.0 Å². The minimum absolute atomic E-state index is 0.124. The van der Waals surface area contributed by atoms with E-state index in [-0.39, 0.29) is 12.5 Å². The van der Waals surface area contributed by atoms with Gasteiger partial charge in [0.25, 0.3) is 5.91 Å². The van der Waals surface area contributed by atoms with Crippen molar-refractivity contribution in [1.29, 1.82) is 0 Å². The summed E-state index contributed by atoms with van der Waals surface area (Å²) in [6.45, 7) is 2.13. The van der Waals surface area contributed by atoms with Crippen molar-refractivity contribution in [2.75, 3.05) is 37.0 Å². The highest BCUT2D eigenvalue weighted by molar-refractivity contribution is 7.29. The molecule has 1 fully saturated rings. The lowest BCUT2D eigenvalue weighted by Crippen LogP contribution is -2.34. The summed E-state index contributed by atoms with van der Waals surface area (Å²) in [6, 6.07) is 9.19. The zero-order valence-corrected chi connectivity index (χ0v) is 16.6. The van der Waals surface area contributed by atoms with Gasteiger partial charge in [-0.15, -0.1) is 11.3 Å². The van der Waals surface area contributed by atoms with Gasteiger partial charge in [-0.05, 0) is 49.1 Å². The summed E-state index contributed by atoms with van der Waals surface area (Å²) in [6.07, 6.45) is 2.00. The molecule has 3 aromatic rings. The van der Waals surface area contributed by atoms with Crippen LogP contribution in [0, 0.1) is 5.92 Å². The molecule has 142 valence electrons. The molecular formula is C19H21N3O3S2. The number of amides is 1. The Morgan fingerprint density at radius 2 is 2.04 bits per heavy atom. The molecule has 0 unspecified atom stereocenters. The largest absolute Gasteiger partial charge is 0.497 e. The number of rotatable bonds is 5. The number of methoxy groups -OCH3 is 1. The maximum atomic E-state index is 12.5. The van der Waals surface area contributed by atoms with Crippen molar-refractivity contribution in [2.24, 2.45) is 5.92 Å². The third kappa shape index (κ3) is 3.92. The number of benzene rings is 1. The van der Waals surface area contributed by atoms with Crippen LogP contribution in [-0.2, 0) is 0 Å². The zero-order chi connectivity index (χ0) is 18.8. The molecule has 0 bridgehead atoms. The van der Waals surface area contributed by atoms with E-state index in [1.54, 1.807) is 18.4 Å². The lowest BCUT2D eigenvalue weighted by atomic mass is 9.98. The SMILES string of the molecule is COc1ccc(NC(=O)c2cc3sc(N4CCC(CO)CC4)nc3s2)cc1. The number of hydrogen-bond donors (Lipinski definition) is 2. The van der Waals surface area contributed by atoms with Crippen LogP contribution in [-0.4, -0.2) is 42.8 Å². The van der Waals surface area contributed by atoms with Gasteiger partial charge in [-0.3, -0.25) is 4.79 Å². The van der Waals surface area contributed by atoms with E-state index in [1.807, 2.05) is 30.3 Å². The lowest BCUT2D eigenvalue weighted by Gasteiger charge is -2.30. The third-order valence-electron chi connectivity index (χ3n) is 4.79. The van der Waals surface area contributed by atoms with Gasteiger partial charge in [0.2, 0.25) is 0 Å². The number of anilines is 2. The molecule has 8 heteroatoms. The predicted molar refractivity (Wildman–Crippen MR) is 110 cm³/mol. The first-order valence-corrected chi connectivity index (χ1v) is 10.5. The molecule has 2 aromatic heterocycles. The maximum Gasteiger partial charge on any atom is 0.265 e. The molecule has 1 saturated heterocycles. The molecule has 1 aliphatic heterocycles. The van der Waals surface area contributed by atoms with Gasteiger partial charge in [0.1, 0.15) is 10.6 Å². The van der Waals surface area contributed by atoms with Gasteiger partial charge in [-0.2, -0.15) is 0 Å². The number of aliphatic hydroxyl groups excluding tert-OH is 1. The summed E-state index contributed by atoms with van der Waals surface area (Å²) in [4.78, 5) is 21.1. The summed E-state index contributed by atoms with van der Waals surface area (Å²) < 4.78 is 6.17. The third-order valence-corrected chi connectivity index (χ3v) is 7.01. The number of fused-ring (bicyclic) bond motifs is 1. The van der Waals surface area contributed by atoms with E-state index in [2.05, 4.69) is 10.2 Å². The Labute approximate surface area is 165 Å². The van der Waals surface area contributed by atoms with Crippen molar-refractivity contribution in [1.82, 2.24) is 4.98 Å². The topological polar surface area (TPSA) is 74.7 Å². The van der Waals surface area contributed by atoms with Gasteiger partial charge < -0.3 is 20.1 Å². The van der Waals surface area contributed by atoms with Crippen LogP contribution in [0.15, 0.2) is 30.3 Å². The first-order valence-electron chi connectivity index (χ1n) is 8.88.